The summed E-state index contributed by atoms with van der Waals surface area (Å²) in [5, 5.41) is 2.60. The number of hydrogen-bond acceptors (Lipinski definition) is 1. The van der Waals surface area contributed by atoms with E-state index in [1.165, 1.54) is 24.3 Å². The second-order valence-electron chi connectivity index (χ2n) is 4.29. The molecule has 0 unspecified atom stereocenters. The first-order valence-electron chi connectivity index (χ1n) is 5.85. The van der Waals surface area contributed by atoms with Crippen LogP contribution in [0.25, 0.3) is 0 Å². The smallest absolute Gasteiger partial charge is 0.254 e. The second-order valence-corrected chi connectivity index (χ2v) is 4.29. The fourth-order valence-corrected chi connectivity index (χ4v) is 1.69. The molecule has 0 saturated carbocycles. The average Bonchev–Trinajstić information content (AvgIpc) is 2.40. The van der Waals surface area contributed by atoms with Gasteiger partial charge in [-0.25, -0.2) is 8.78 Å². The highest BCUT2D eigenvalue weighted by Crippen LogP contribution is 2.10. The third kappa shape index (κ3) is 3.37. The van der Waals surface area contributed by atoms with Gasteiger partial charge in [0.25, 0.3) is 5.91 Å². The first-order valence-corrected chi connectivity index (χ1v) is 5.85. The standard InChI is InChI=1S/C15H13F2NO/c1-10-2-7-14(17)13(8-10)15(19)18-9-11-3-5-12(16)6-4-11/h2-8H,9H2,1H3,(H,18,19). The normalized spacial score (nSPS) is 10.3. The molecule has 2 aromatic carbocycles. The van der Waals surface area contributed by atoms with Crippen LogP contribution in [0.2, 0.25) is 0 Å². The monoisotopic (exact) mass is 261 g/mol. The molecule has 0 heterocycles. The molecular formula is C15H13F2NO. The summed E-state index contributed by atoms with van der Waals surface area (Å²) in [7, 11) is 0. The SMILES string of the molecule is Cc1ccc(F)c(C(=O)NCc2ccc(F)cc2)c1. The quantitative estimate of drug-likeness (QED) is 0.903. The molecule has 2 rings (SSSR count). The van der Waals surface area contributed by atoms with Crippen LogP contribution in [0.3, 0.4) is 0 Å². The molecular weight excluding hydrogens is 248 g/mol. The molecule has 4 heteroatoms. The molecule has 2 aromatic rings. The van der Waals surface area contributed by atoms with E-state index in [0.717, 1.165) is 11.1 Å². The molecule has 0 spiro atoms. The zero-order valence-electron chi connectivity index (χ0n) is 10.4. The van der Waals surface area contributed by atoms with Crippen LogP contribution in [0.4, 0.5) is 8.78 Å². The Balaban J connectivity index is 2.05. The maximum atomic E-state index is 13.5. The van der Waals surface area contributed by atoms with Gasteiger partial charge in [-0.05, 0) is 36.8 Å². The number of hydrogen-bond donors (Lipinski definition) is 1. The van der Waals surface area contributed by atoms with Gasteiger partial charge in [-0.1, -0.05) is 23.8 Å². The number of aryl methyl sites for hydroxylation is 1. The van der Waals surface area contributed by atoms with Crippen molar-refractivity contribution in [3.8, 4) is 0 Å². The van der Waals surface area contributed by atoms with E-state index in [-0.39, 0.29) is 17.9 Å². The van der Waals surface area contributed by atoms with E-state index in [1.54, 1.807) is 25.1 Å². The van der Waals surface area contributed by atoms with Gasteiger partial charge in [0.15, 0.2) is 0 Å². The van der Waals surface area contributed by atoms with Crippen molar-refractivity contribution < 1.29 is 13.6 Å². The van der Waals surface area contributed by atoms with Gasteiger partial charge in [0.2, 0.25) is 0 Å². The number of carbonyl (C=O) groups excluding carboxylic acids is 1. The summed E-state index contributed by atoms with van der Waals surface area (Å²) in [6.07, 6.45) is 0. The molecule has 0 aliphatic carbocycles. The average molecular weight is 261 g/mol. The zero-order chi connectivity index (χ0) is 13.8. The van der Waals surface area contributed by atoms with E-state index < -0.39 is 11.7 Å². The summed E-state index contributed by atoms with van der Waals surface area (Å²) in [6, 6.07) is 10.1. The van der Waals surface area contributed by atoms with Crippen LogP contribution in [0.1, 0.15) is 21.5 Å². The number of amides is 1. The molecule has 0 atom stereocenters. The lowest BCUT2D eigenvalue weighted by atomic mass is 10.1. The van der Waals surface area contributed by atoms with Crippen LogP contribution in [-0.2, 0) is 6.54 Å². The predicted octanol–water partition coefficient (Wildman–Crippen LogP) is 3.20. The van der Waals surface area contributed by atoms with Gasteiger partial charge < -0.3 is 5.32 Å². The van der Waals surface area contributed by atoms with Crippen molar-refractivity contribution in [2.45, 2.75) is 13.5 Å². The van der Waals surface area contributed by atoms with Crippen molar-refractivity contribution in [1.29, 1.82) is 0 Å². The molecule has 1 N–H and O–H groups in total. The van der Waals surface area contributed by atoms with Crippen LogP contribution in [-0.4, -0.2) is 5.91 Å². The zero-order valence-corrected chi connectivity index (χ0v) is 10.4. The Morgan fingerprint density at radius 3 is 2.47 bits per heavy atom. The molecule has 1 amide bonds. The number of benzene rings is 2. The minimum absolute atomic E-state index is 0.0158. The van der Waals surface area contributed by atoms with Crippen LogP contribution in [0.5, 0.6) is 0 Å². The molecule has 0 aliphatic rings. The molecule has 19 heavy (non-hydrogen) atoms. The van der Waals surface area contributed by atoms with Crippen LogP contribution in [0.15, 0.2) is 42.5 Å². The Morgan fingerprint density at radius 2 is 1.79 bits per heavy atom. The van der Waals surface area contributed by atoms with Crippen molar-refractivity contribution >= 4 is 5.91 Å². The number of carbonyl (C=O) groups is 1. The number of halogens is 2. The molecule has 0 aliphatic heterocycles. The van der Waals surface area contributed by atoms with Gasteiger partial charge in [0, 0.05) is 6.54 Å². The Hall–Kier alpha value is -2.23. The van der Waals surface area contributed by atoms with Crippen molar-refractivity contribution in [2.75, 3.05) is 0 Å². The fraction of sp³-hybridized carbons (Fsp3) is 0.133. The van der Waals surface area contributed by atoms with Crippen LogP contribution >= 0.6 is 0 Å². The van der Waals surface area contributed by atoms with Crippen molar-refractivity contribution in [2.24, 2.45) is 0 Å². The van der Waals surface area contributed by atoms with Gasteiger partial charge in [0.05, 0.1) is 5.56 Å². The summed E-state index contributed by atoms with van der Waals surface area (Å²) >= 11 is 0. The summed E-state index contributed by atoms with van der Waals surface area (Å²) < 4.78 is 26.2. The van der Waals surface area contributed by atoms with E-state index in [1.807, 2.05) is 0 Å². The molecule has 0 radical (unpaired) electrons. The molecule has 2 nitrogen and oxygen atoms in total. The van der Waals surface area contributed by atoms with E-state index in [4.69, 9.17) is 0 Å². The molecule has 98 valence electrons. The van der Waals surface area contributed by atoms with Gasteiger partial charge in [-0.2, -0.15) is 0 Å². The summed E-state index contributed by atoms with van der Waals surface area (Å²) in [4.78, 5) is 11.8. The van der Waals surface area contributed by atoms with E-state index in [0.29, 0.717) is 0 Å². The Bertz CT molecular complexity index is 594. The Kier molecular flexibility index (Phi) is 3.90. The van der Waals surface area contributed by atoms with E-state index >= 15 is 0 Å². The summed E-state index contributed by atoms with van der Waals surface area (Å²) in [6.45, 7) is 2.02. The summed E-state index contributed by atoms with van der Waals surface area (Å²) in [5.41, 5.74) is 1.58. The topological polar surface area (TPSA) is 29.1 Å². The highest BCUT2D eigenvalue weighted by Gasteiger charge is 2.11. The number of rotatable bonds is 3. The first kappa shape index (κ1) is 13.2. The van der Waals surface area contributed by atoms with Crippen molar-refractivity contribution in [3.63, 3.8) is 0 Å². The third-order valence-electron chi connectivity index (χ3n) is 2.73. The van der Waals surface area contributed by atoms with Crippen LogP contribution in [0, 0.1) is 18.6 Å². The van der Waals surface area contributed by atoms with Gasteiger partial charge in [-0.15, -0.1) is 0 Å². The second kappa shape index (κ2) is 5.61. The largest absolute Gasteiger partial charge is 0.348 e. The van der Waals surface area contributed by atoms with E-state index in [9.17, 15) is 13.6 Å². The molecule has 0 aromatic heterocycles. The van der Waals surface area contributed by atoms with Crippen molar-refractivity contribution in [1.82, 2.24) is 5.32 Å². The molecule has 0 bridgehead atoms. The molecule has 0 fully saturated rings. The lowest BCUT2D eigenvalue weighted by Crippen LogP contribution is -2.23. The minimum Gasteiger partial charge on any atom is -0.348 e. The number of nitrogens with one attached hydrogen (secondary N) is 1. The van der Waals surface area contributed by atoms with E-state index in [2.05, 4.69) is 5.32 Å². The Morgan fingerprint density at radius 1 is 1.11 bits per heavy atom. The van der Waals surface area contributed by atoms with Gasteiger partial charge in [0.1, 0.15) is 11.6 Å². The maximum Gasteiger partial charge on any atom is 0.254 e. The third-order valence-corrected chi connectivity index (χ3v) is 2.73. The highest BCUT2D eigenvalue weighted by molar-refractivity contribution is 5.94. The molecule has 0 saturated heterocycles. The minimum atomic E-state index is -0.554. The maximum absolute atomic E-state index is 13.5. The predicted molar refractivity (Wildman–Crippen MR) is 68.7 cm³/mol. The van der Waals surface area contributed by atoms with Crippen molar-refractivity contribution in [3.05, 3.63) is 70.8 Å². The lowest BCUT2D eigenvalue weighted by molar-refractivity contribution is 0.0947. The summed E-state index contributed by atoms with van der Waals surface area (Å²) in [5.74, 6) is -1.37. The van der Waals surface area contributed by atoms with Crippen LogP contribution < -0.4 is 5.32 Å². The first-order chi connectivity index (χ1) is 9.06. The highest BCUT2D eigenvalue weighted by atomic mass is 19.1. The Labute approximate surface area is 110 Å². The van der Waals surface area contributed by atoms with Gasteiger partial charge in [-0.3, -0.25) is 4.79 Å². The van der Waals surface area contributed by atoms with Gasteiger partial charge >= 0.3 is 0 Å². The fourth-order valence-electron chi connectivity index (χ4n) is 1.69. The lowest BCUT2D eigenvalue weighted by Gasteiger charge is -2.07.